The van der Waals surface area contributed by atoms with E-state index < -0.39 is 23.0 Å². The number of thioether (sulfide) groups is 1. The van der Waals surface area contributed by atoms with Crippen LogP contribution in [0, 0.1) is 12.3 Å². The van der Waals surface area contributed by atoms with Crippen molar-refractivity contribution in [1.82, 2.24) is 9.58 Å². The minimum atomic E-state index is -4.70. The van der Waals surface area contributed by atoms with Gasteiger partial charge in [-0.2, -0.15) is 28.3 Å². The molecule has 0 saturated carbocycles. The van der Waals surface area contributed by atoms with Crippen LogP contribution < -0.4 is 4.74 Å². The molecule has 2 aliphatic rings. The fourth-order valence-electron chi connectivity index (χ4n) is 4.39. The summed E-state index contributed by atoms with van der Waals surface area (Å²) in [6.07, 6.45) is -0.687. The number of hydrogen-bond donors (Lipinski definition) is 1. The molecule has 1 aromatic heterocycles. The summed E-state index contributed by atoms with van der Waals surface area (Å²) in [5.41, 5.74) is 3.28. The van der Waals surface area contributed by atoms with Crippen LogP contribution in [0.3, 0.4) is 0 Å². The maximum Gasteiger partial charge on any atom is 0.441 e. The van der Waals surface area contributed by atoms with Crippen molar-refractivity contribution in [2.24, 2.45) is 10.1 Å². The molecule has 38 heavy (non-hydrogen) atoms. The van der Waals surface area contributed by atoms with Crippen LogP contribution in [-0.2, 0) is 17.8 Å². The molecule has 3 aromatic rings. The van der Waals surface area contributed by atoms with Gasteiger partial charge in [0.2, 0.25) is 10.2 Å². The molecular weight excluding hydrogens is 515 g/mol. The van der Waals surface area contributed by atoms with E-state index in [9.17, 15) is 18.0 Å². The van der Waals surface area contributed by atoms with Crippen LogP contribution in [0.1, 0.15) is 16.8 Å². The van der Waals surface area contributed by atoms with E-state index in [1.54, 1.807) is 0 Å². The van der Waals surface area contributed by atoms with Crippen LogP contribution in [0.15, 0.2) is 76.9 Å². The van der Waals surface area contributed by atoms with E-state index in [1.165, 1.54) is 6.08 Å². The SMILES string of the molecule is C=CCc1ccccc1OCCn1c(C)c(/C=C2/C(=N)N3N=C(C(F)(F)F)SC3=NC2=O)c2ccccc21. The zero-order valence-corrected chi connectivity index (χ0v) is 21.1. The van der Waals surface area contributed by atoms with Crippen molar-refractivity contribution in [2.75, 3.05) is 6.61 Å². The summed E-state index contributed by atoms with van der Waals surface area (Å²) >= 11 is 0.227. The first-order chi connectivity index (χ1) is 18.2. The van der Waals surface area contributed by atoms with E-state index in [0.29, 0.717) is 25.1 Å². The minimum Gasteiger partial charge on any atom is -0.491 e. The van der Waals surface area contributed by atoms with Crippen molar-refractivity contribution < 1.29 is 22.7 Å². The lowest BCUT2D eigenvalue weighted by Crippen LogP contribution is -2.35. The van der Waals surface area contributed by atoms with Gasteiger partial charge in [0.05, 0.1) is 12.1 Å². The van der Waals surface area contributed by atoms with Crippen LogP contribution in [0.4, 0.5) is 13.2 Å². The monoisotopic (exact) mass is 537 g/mol. The number of rotatable bonds is 7. The first-order valence-corrected chi connectivity index (χ1v) is 12.5. The molecular formula is C27H22F3N5O2S. The van der Waals surface area contributed by atoms with Gasteiger partial charge in [-0.05, 0) is 48.9 Å². The molecule has 1 N–H and O–H groups in total. The predicted octanol–water partition coefficient (Wildman–Crippen LogP) is 5.94. The maximum atomic E-state index is 13.1. The van der Waals surface area contributed by atoms with Crippen molar-refractivity contribution in [1.29, 1.82) is 5.41 Å². The highest BCUT2D eigenvalue weighted by Gasteiger charge is 2.46. The van der Waals surface area contributed by atoms with E-state index in [4.69, 9.17) is 10.1 Å². The Bertz CT molecular complexity index is 1570. The Morgan fingerprint density at radius 2 is 1.89 bits per heavy atom. The second kappa shape index (κ2) is 9.97. The standard InChI is InChI=1S/C27H22F3N5O2S/c1-3-8-17-9-4-7-12-22(17)37-14-13-34-16(2)19(18-10-5-6-11-21(18)34)15-20-23(31)35-26(32-24(20)36)38-25(33-35)27(28,29)30/h3-7,9-12,15,31H,1,8,13-14H2,2H3/b20-15-,31-23?. The molecule has 7 nitrogen and oxygen atoms in total. The Kier molecular flexibility index (Phi) is 6.70. The van der Waals surface area contributed by atoms with Crippen molar-refractivity contribution in [3.8, 4) is 5.75 Å². The van der Waals surface area contributed by atoms with Crippen molar-refractivity contribution in [3.05, 3.63) is 83.6 Å². The number of halogens is 3. The van der Waals surface area contributed by atoms with Gasteiger partial charge < -0.3 is 9.30 Å². The minimum absolute atomic E-state index is 0.137. The number of ether oxygens (including phenoxy) is 1. The van der Waals surface area contributed by atoms with Crippen molar-refractivity contribution in [3.63, 3.8) is 0 Å². The fraction of sp³-hybridized carbons (Fsp3) is 0.185. The van der Waals surface area contributed by atoms with Crippen molar-refractivity contribution in [2.45, 2.75) is 26.1 Å². The molecule has 0 fully saturated rings. The number of fused-ring (bicyclic) bond motifs is 2. The average molecular weight is 538 g/mol. The lowest BCUT2D eigenvalue weighted by molar-refractivity contribution is -0.114. The molecule has 0 aliphatic carbocycles. The highest BCUT2D eigenvalue weighted by atomic mass is 32.2. The largest absolute Gasteiger partial charge is 0.491 e. The number of para-hydroxylation sites is 2. The zero-order valence-electron chi connectivity index (χ0n) is 20.2. The first-order valence-electron chi connectivity index (χ1n) is 11.7. The van der Waals surface area contributed by atoms with Gasteiger partial charge in [-0.25, -0.2) is 0 Å². The number of hydrazone groups is 1. The summed E-state index contributed by atoms with van der Waals surface area (Å²) in [6.45, 7) is 6.56. The Hall–Kier alpha value is -4.12. The van der Waals surface area contributed by atoms with Gasteiger partial charge in [0.15, 0.2) is 5.84 Å². The average Bonchev–Trinajstić information content (AvgIpc) is 3.43. The van der Waals surface area contributed by atoms with Crippen LogP contribution in [-0.4, -0.2) is 44.3 Å². The summed E-state index contributed by atoms with van der Waals surface area (Å²) in [4.78, 5) is 16.5. The van der Waals surface area contributed by atoms with Gasteiger partial charge in [0.1, 0.15) is 12.4 Å². The molecule has 0 saturated heterocycles. The number of carbonyl (C=O) groups excluding carboxylic acids is 1. The van der Waals surface area contributed by atoms with E-state index in [1.807, 2.05) is 61.5 Å². The number of nitrogens with one attached hydrogen (secondary N) is 1. The number of nitrogens with zero attached hydrogens (tertiary/aromatic N) is 4. The topological polar surface area (TPSA) is 83.0 Å². The molecule has 2 aliphatic heterocycles. The Morgan fingerprint density at radius 1 is 1.16 bits per heavy atom. The van der Waals surface area contributed by atoms with Gasteiger partial charge in [0.25, 0.3) is 5.91 Å². The first kappa shape index (κ1) is 25.5. The Balaban J connectivity index is 1.46. The zero-order chi connectivity index (χ0) is 27.0. The third kappa shape index (κ3) is 4.65. The van der Waals surface area contributed by atoms with Crippen LogP contribution in [0.25, 0.3) is 17.0 Å². The number of alkyl halides is 3. The third-order valence-electron chi connectivity index (χ3n) is 6.17. The molecule has 0 radical (unpaired) electrons. The second-order valence-electron chi connectivity index (χ2n) is 8.54. The van der Waals surface area contributed by atoms with Gasteiger partial charge in [-0.3, -0.25) is 10.2 Å². The number of amides is 1. The molecule has 11 heteroatoms. The van der Waals surface area contributed by atoms with Crippen molar-refractivity contribution >= 4 is 50.7 Å². The van der Waals surface area contributed by atoms with E-state index in [-0.39, 0.29) is 22.5 Å². The van der Waals surface area contributed by atoms with Gasteiger partial charge >= 0.3 is 6.18 Å². The highest BCUT2D eigenvalue weighted by Crippen LogP contribution is 2.36. The summed E-state index contributed by atoms with van der Waals surface area (Å²) in [6, 6.07) is 15.3. The Morgan fingerprint density at radius 3 is 2.66 bits per heavy atom. The van der Waals surface area contributed by atoms with E-state index in [0.717, 1.165) is 32.9 Å². The number of aliphatic imine (C=N–C) groups is 1. The number of carbonyl (C=O) groups is 1. The summed E-state index contributed by atoms with van der Waals surface area (Å²) in [7, 11) is 0. The summed E-state index contributed by atoms with van der Waals surface area (Å²) in [5, 5.41) is 12.0. The molecule has 0 bridgehead atoms. The van der Waals surface area contributed by atoms with Crippen LogP contribution in [0.2, 0.25) is 0 Å². The van der Waals surface area contributed by atoms with Crippen LogP contribution >= 0.6 is 11.8 Å². The molecule has 5 rings (SSSR count). The summed E-state index contributed by atoms with van der Waals surface area (Å²) < 4.78 is 47.6. The number of hydrogen-bond acceptors (Lipinski definition) is 5. The lowest BCUT2D eigenvalue weighted by atomic mass is 10.1. The maximum absolute atomic E-state index is 13.1. The number of benzene rings is 2. The van der Waals surface area contributed by atoms with Gasteiger partial charge in [0, 0.05) is 22.2 Å². The number of amidine groups is 2. The molecule has 0 unspecified atom stereocenters. The quantitative estimate of drug-likeness (QED) is 0.299. The van der Waals surface area contributed by atoms with Crippen LogP contribution in [0.5, 0.6) is 5.75 Å². The number of allylic oxidation sites excluding steroid dienone is 1. The van der Waals surface area contributed by atoms with Gasteiger partial charge in [-0.15, -0.1) is 6.58 Å². The smallest absolute Gasteiger partial charge is 0.441 e. The van der Waals surface area contributed by atoms with E-state index in [2.05, 4.69) is 21.2 Å². The molecule has 0 spiro atoms. The second-order valence-corrected chi connectivity index (χ2v) is 9.50. The molecule has 3 heterocycles. The summed E-state index contributed by atoms with van der Waals surface area (Å²) in [5.74, 6) is -0.461. The predicted molar refractivity (Wildman–Crippen MR) is 144 cm³/mol. The normalized spacial score (nSPS) is 16.6. The number of aromatic nitrogens is 1. The van der Waals surface area contributed by atoms with E-state index >= 15 is 0 Å². The van der Waals surface area contributed by atoms with Gasteiger partial charge in [-0.1, -0.05) is 42.5 Å². The molecule has 194 valence electrons. The Labute approximate surface area is 220 Å². The fourth-order valence-corrected chi connectivity index (χ4v) is 5.15. The highest BCUT2D eigenvalue weighted by molar-refractivity contribution is 8.27. The lowest BCUT2D eigenvalue weighted by Gasteiger charge is -2.20. The molecule has 0 atom stereocenters. The molecule has 1 amide bonds. The third-order valence-corrected chi connectivity index (χ3v) is 7.13. The molecule has 2 aromatic carbocycles.